The number of hydrogen-bond donors (Lipinski definition) is 1. The van der Waals surface area contributed by atoms with Gasteiger partial charge in [0.2, 0.25) is 0 Å². The van der Waals surface area contributed by atoms with Crippen molar-refractivity contribution in [3.05, 3.63) is 35.5 Å². The molecule has 1 heterocycles. The number of aromatic nitrogens is 1. The van der Waals surface area contributed by atoms with Crippen LogP contribution in [0.4, 0.5) is 5.13 Å². The van der Waals surface area contributed by atoms with E-state index in [0.29, 0.717) is 5.13 Å². The second-order valence-corrected chi connectivity index (χ2v) is 5.71. The lowest BCUT2D eigenvalue weighted by Gasteiger charge is -1.99. The fourth-order valence-electron chi connectivity index (χ4n) is 1.21. The topological polar surface area (TPSA) is 38.9 Å². The second-order valence-electron chi connectivity index (χ2n) is 3.34. The van der Waals surface area contributed by atoms with Gasteiger partial charge in [0.1, 0.15) is 0 Å². The maximum atomic E-state index is 5.65. The Kier molecular flexibility index (Phi) is 2.98. The van der Waals surface area contributed by atoms with Crippen LogP contribution in [-0.2, 0) is 0 Å². The van der Waals surface area contributed by atoms with Crippen molar-refractivity contribution < 1.29 is 0 Å². The fourth-order valence-corrected chi connectivity index (χ4v) is 3.17. The molecule has 2 rings (SSSR count). The third kappa shape index (κ3) is 2.52. The molecule has 0 unspecified atom stereocenters. The van der Waals surface area contributed by atoms with Gasteiger partial charge in [-0.1, -0.05) is 40.8 Å². The highest BCUT2D eigenvalue weighted by molar-refractivity contribution is 8.01. The molecule has 15 heavy (non-hydrogen) atoms. The zero-order valence-corrected chi connectivity index (χ0v) is 10.3. The highest BCUT2D eigenvalue weighted by Crippen LogP contribution is 2.35. The van der Waals surface area contributed by atoms with Crippen molar-refractivity contribution in [2.75, 3.05) is 5.73 Å². The van der Waals surface area contributed by atoms with E-state index in [0.717, 1.165) is 5.69 Å². The minimum absolute atomic E-state index is 0.641. The Hall–Kier alpha value is -1.00. The fraction of sp³-hybridized carbons (Fsp3) is 0.182. The van der Waals surface area contributed by atoms with E-state index in [1.54, 1.807) is 23.1 Å². The van der Waals surface area contributed by atoms with Gasteiger partial charge < -0.3 is 5.73 Å². The van der Waals surface area contributed by atoms with Gasteiger partial charge in [-0.25, -0.2) is 4.98 Å². The van der Waals surface area contributed by atoms with Crippen LogP contribution in [0, 0.1) is 13.8 Å². The number of nitrogens with zero attached hydrogens (tertiary/aromatic N) is 1. The van der Waals surface area contributed by atoms with Crippen molar-refractivity contribution in [2.24, 2.45) is 0 Å². The lowest BCUT2D eigenvalue weighted by Crippen LogP contribution is -1.80. The Labute approximate surface area is 97.5 Å². The molecule has 0 saturated heterocycles. The van der Waals surface area contributed by atoms with E-state index in [9.17, 15) is 0 Å². The van der Waals surface area contributed by atoms with Crippen LogP contribution in [-0.4, -0.2) is 4.98 Å². The summed E-state index contributed by atoms with van der Waals surface area (Å²) in [6.07, 6.45) is 0. The molecule has 0 aliphatic rings. The first kappa shape index (κ1) is 10.5. The minimum Gasteiger partial charge on any atom is -0.375 e. The summed E-state index contributed by atoms with van der Waals surface area (Å²) in [4.78, 5) is 5.43. The number of nitrogens with two attached hydrogens (primary N) is 1. The largest absolute Gasteiger partial charge is 0.375 e. The Morgan fingerprint density at radius 1 is 1.20 bits per heavy atom. The van der Waals surface area contributed by atoms with Crippen LogP contribution in [0.5, 0.6) is 0 Å². The molecule has 0 radical (unpaired) electrons. The molecule has 78 valence electrons. The zero-order valence-electron chi connectivity index (χ0n) is 8.65. The first-order valence-electron chi connectivity index (χ1n) is 4.62. The number of hydrogen-bond acceptors (Lipinski definition) is 4. The van der Waals surface area contributed by atoms with Crippen LogP contribution in [0.25, 0.3) is 0 Å². The minimum atomic E-state index is 0.641. The Morgan fingerprint density at radius 3 is 2.40 bits per heavy atom. The first-order chi connectivity index (χ1) is 7.15. The Morgan fingerprint density at radius 2 is 1.87 bits per heavy atom. The lowest BCUT2D eigenvalue weighted by molar-refractivity contribution is 1.21. The first-order valence-corrected chi connectivity index (χ1v) is 6.26. The highest BCUT2D eigenvalue weighted by atomic mass is 32.2. The Bertz CT molecular complexity index is 460. The molecule has 0 aliphatic carbocycles. The molecular weight excluding hydrogens is 224 g/mol. The van der Waals surface area contributed by atoms with Crippen LogP contribution in [0.15, 0.2) is 33.4 Å². The van der Waals surface area contributed by atoms with E-state index in [1.807, 2.05) is 6.92 Å². The summed E-state index contributed by atoms with van der Waals surface area (Å²) in [5.74, 6) is 0. The molecule has 0 saturated carbocycles. The average molecular weight is 236 g/mol. The summed E-state index contributed by atoms with van der Waals surface area (Å²) in [6.45, 7) is 4.08. The van der Waals surface area contributed by atoms with Gasteiger partial charge in [-0.15, -0.1) is 0 Å². The second kappa shape index (κ2) is 4.24. The molecule has 1 aromatic carbocycles. The van der Waals surface area contributed by atoms with E-state index in [4.69, 9.17) is 5.73 Å². The van der Waals surface area contributed by atoms with Gasteiger partial charge in [0.05, 0.1) is 9.90 Å². The highest BCUT2D eigenvalue weighted by Gasteiger charge is 2.06. The van der Waals surface area contributed by atoms with Crippen molar-refractivity contribution in [1.29, 1.82) is 0 Å². The Balaban J connectivity index is 2.21. The SMILES string of the molecule is Cc1ccc(Sc2sc(N)nc2C)cc1. The van der Waals surface area contributed by atoms with Gasteiger partial charge >= 0.3 is 0 Å². The summed E-state index contributed by atoms with van der Waals surface area (Å²) < 4.78 is 1.18. The molecule has 2 N–H and O–H groups in total. The van der Waals surface area contributed by atoms with E-state index < -0.39 is 0 Å². The van der Waals surface area contributed by atoms with Crippen LogP contribution in [0.3, 0.4) is 0 Å². The number of anilines is 1. The zero-order chi connectivity index (χ0) is 10.8. The van der Waals surface area contributed by atoms with Gasteiger partial charge in [-0.3, -0.25) is 0 Å². The number of nitrogen functional groups attached to an aromatic ring is 1. The van der Waals surface area contributed by atoms with Gasteiger partial charge in [0.15, 0.2) is 5.13 Å². The predicted octanol–water partition coefficient (Wildman–Crippen LogP) is 3.49. The third-order valence-electron chi connectivity index (χ3n) is 2.00. The molecule has 2 nitrogen and oxygen atoms in total. The van der Waals surface area contributed by atoms with Crippen LogP contribution >= 0.6 is 23.1 Å². The number of rotatable bonds is 2. The molecule has 0 bridgehead atoms. The van der Waals surface area contributed by atoms with Gasteiger partial charge in [0.25, 0.3) is 0 Å². The molecule has 0 aliphatic heterocycles. The smallest absolute Gasteiger partial charge is 0.181 e. The monoisotopic (exact) mass is 236 g/mol. The molecule has 0 spiro atoms. The summed E-state index contributed by atoms with van der Waals surface area (Å²) in [5, 5.41) is 0.641. The maximum Gasteiger partial charge on any atom is 0.181 e. The standard InChI is InChI=1S/C11H12N2S2/c1-7-3-5-9(6-4-7)14-10-8(2)13-11(12)15-10/h3-6H,1-2H3,(H2,12,13). The number of aryl methyl sites for hydroxylation is 2. The molecule has 1 aromatic heterocycles. The van der Waals surface area contributed by atoms with Crippen molar-refractivity contribution in [3.63, 3.8) is 0 Å². The third-order valence-corrected chi connectivity index (χ3v) is 4.27. The molecule has 0 amide bonds. The van der Waals surface area contributed by atoms with Crippen LogP contribution in [0.2, 0.25) is 0 Å². The predicted molar refractivity (Wildman–Crippen MR) is 66.6 cm³/mol. The van der Waals surface area contributed by atoms with Gasteiger partial charge in [-0.05, 0) is 26.0 Å². The van der Waals surface area contributed by atoms with Crippen LogP contribution in [0.1, 0.15) is 11.3 Å². The normalized spacial score (nSPS) is 10.5. The van der Waals surface area contributed by atoms with E-state index in [2.05, 4.69) is 36.2 Å². The summed E-state index contributed by atoms with van der Waals surface area (Å²) >= 11 is 3.26. The van der Waals surface area contributed by atoms with E-state index in [1.165, 1.54) is 14.7 Å². The molecule has 0 atom stereocenters. The van der Waals surface area contributed by atoms with Crippen LogP contribution < -0.4 is 5.73 Å². The number of thiazole rings is 1. The van der Waals surface area contributed by atoms with E-state index >= 15 is 0 Å². The van der Waals surface area contributed by atoms with Gasteiger partial charge in [-0.2, -0.15) is 0 Å². The van der Waals surface area contributed by atoms with Crippen molar-refractivity contribution in [3.8, 4) is 0 Å². The van der Waals surface area contributed by atoms with E-state index in [-0.39, 0.29) is 0 Å². The summed E-state index contributed by atoms with van der Waals surface area (Å²) in [5.41, 5.74) is 7.95. The van der Waals surface area contributed by atoms with Gasteiger partial charge in [0, 0.05) is 4.90 Å². The molecule has 0 fully saturated rings. The van der Waals surface area contributed by atoms with Crippen molar-refractivity contribution in [2.45, 2.75) is 23.0 Å². The summed E-state index contributed by atoms with van der Waals surface area (Å²) in [7, 11) is 0. The van der Waals surface area contributed by atoms with Crippen molar-refractivity contribution >= 4 is 28.2 Å². The van der Waals surface area contributed by atoms with Crippen molar-refractivity contribution in [1.82, 2.24) is 4.98 Å². The molecular formula is C11H12N2S2. The average Bonchev–Trinajstić information content (AvgIpc) is 2.49. The maximum absolute atomic E-state index is 5.65. The molecule has 4 heteroatoms. The quantitative estimate of drug-likeness (QED) is 0.867. The molecule has 2 aromatic rings. The number of benzene rings is 1. The lowest BCUT2D eigenvalue weighted by atomic mass is 10.2. The summed E-state index contributed by atoms with van der Waals surface area (Å²) in [6, 6.07) is 8.47.